The Bertz CT molecular complexity index is 917. The highest BCUT2D eigenvalue weighted by Crippen LogP contribution is 2.21. The van der Waals surface area contributed by atoms with Crippen LogP contribution in [-0.4, -0.2) is 39.4 Å². The van der Waals surface area contributed by atoms with E-state index in [2.05, 4.69) is 20.1 Å². The lowest BCUT2D eigenvalue weighted by Crippen LogP contribution is -2.09. The molecule has 26 heavy (non-hydrogen) atoms. The summed E-state index contributed by atoms with van der Waals surface area (Å²) in [6.45, 7) is -0.197. The van der Waals surface area contributed by atoms with Crippen LogP contribution in [0.3, 0.4) is 0 Å². The van der Waals surface area contributed by atoms with Crippen LogP contribution >= 0.6 is 23.4 Å². The summed E-state index contributed by atoms with van der Waals surface area (Å²) in [5, 5.41) is 4.39. The van der Waals surface area contributed by atoms with E-state index in [9.17, 15) is 4.79 Å². The molecular weight excluding hydrogens is 380 g/mol. The predicted octanol–water partition coefficient (Wildman–Crippen LogP) is 3.27. The number of carbonyl (C=O) groups is 1. The number of aromatic nitrogens is 4. The number of rotatable bonds is 6. The summed E-state index contributed by atoms with van der Waals surface area (Å²) in [6, 6.07) is 7.16. The van der Waals surface area contributed by atoms with Crippen molar-refractivity contribution in [3.63, 3.8) is 0 Å². The van der Waals surface area contributed by atoms with Crippen molar-refractivity contribution in [2.45, 2.75) is 11.8 Å². The molecule has 0 fully saturated rings. The van der Waals surface area contributed by atoms with Gasteiger partial charge in [-0.05, 0) is 30.5 Å². The molecule has 3 aromatic rings. The molecule has 2 aromatic heterocycles. The van der Waals surface area contributed by atoms with E-state index < -0.39 is 5.97 Å². The maximum atomic E-state index is 12.1. The molecule has 0 aliphatic heterocycles. The molecule has 134 valence electrons. The number of carbonyl (C=O) groups excluding carboxylic acids is 1. The smallest absolute Gasteiger partial charge is 0.359 e. The van der Waals surface area contributed by atoms with Crippen molar-refractivity contribution in [3.05, 3.63) is 47.1 Å². The molecule has 0 aliphatic rings. The molecule has 0 unspecified atom stereocenters. The number of esters is 1. The van der Waals surface area contributed by atoms with Gasteiger partial charge in [-0.1, -0.05) is 28.5 Å². The third kappa shape index (κ3) is 4.12. The van der Waals surface area contributed by atoms with Crippen molar-refractivity contribution in [1.29, 1.82) is 0 Å². The fourth-order valence-corrected chi connectivity index (χ4v) is 2.47. The summed E-state index contributed by atoms with van der Waals surface area (Å²) in [7, 11) is 1.59. The van der Waals surface area contributed by atoms with Gasteiger partial charge in [-0.15, -0.1) is 0 Å². The van der Waals surface area contributed by atoms with E-state index >= 15 is 0 Å². The maximum Gasteiger partial charge on any atom is 0.359 e. The quantitative estimate of drug-likeness (QED) is 0.355. The molecule has 0 amide bonds. The predicted molar refractivity (Wildman–Crippen MR) is 94.2 cm³/mol. The average molecular weight is 393 g/mol. The standard InChI is InChI=1S/C16H13ClN4O4S/c1-23-10-5-3-9(4-6-10)14-19-12(25-21-14)8-24-15(22)13-11(17)7-18-16(20-13)26-2/h3-7H,8H2,1-2H3. The first kappa shape index (κ1) is 18.2. The zero-order valence-corrected chi connectivity index (χ0v) is 15.4. The van der Waals surface area contributed by atoms with Crippen LogP contribution in [-0.2, 0) is 11.3 Å². The number of hydrogen-bond acceptors (Lipinski definition) is 9. The third-order valence-electron chi connectivity index (χ3n) is 3.24. The number of hydrogen-bond donors (Lipinski definition) is 0. The van der Waals surface area contributed by atoms with E-state index in [1.807, 2.05) is 0 Å². The Morgan fingerprint density at radius 1 is 1.27 bits per heavy atom. The van der Waals surface area contributed by atoms with E-state index in [1.54, 1.807) is 37.6 Å². The summed E-state index contributed by atoms with van der Waals surface area (Å²) < 4.78 is 15.3. The minimum Gasteiger partial charge on any atom is -0.497 e. The second kappa shape index (κ2) is 8.15. The van der Waals surface area contributed by atoms with E-state index in [1.165, 1.54) is 18.0 Å². The molecule has 0 atom stereocenters. The molecule has 0 spiro atoms. The third-order valence-corrected chi connectivity index (χ3v) is 4.08. The fraction of sp³-hybridized carbons (Fsp3) is 0.188. The van der Waals surface area contributed by atoms with Gasteiger partial charge in [-0.25, -0.2) is 14.8 Å². The molecule has 0 saturated carbocycles. The monoisotopic (exact) mass is 392 g/mol. The zero-order chi connectivity index (χ0) is 18.5. The van der Waals surface area contributed by atoms with Gasteiger partial charge in [0.2, 0.25) is 5.82 Å². The molecule has 2 heterocycles. The summed E-state index contributed by atoms with van der Waals surface area (Å²) >= 11 is 7.23. The number of thioether (sulfide) groups is 1. The Morgan fingerprint density at radius 2 is 2.04 bits per heavy atom. The number of methoxy groups -OCH3 is 1. The van der Waals surface area contributed by atoms with Gasteiger partial charge in [-0.3, -0.25) is 0 Å². The van der Waals surface area contributed by atoms with Gasteiger partial charge in [0.05, 0.1) is 18.3 Å². The Kier molecular flexibility index (Phi) is 5.69. The van der Waals surface area contributed by atoms with E-state index in [4.69, 9.17) is 25.6 Å². The summed E-state index contributed by atoms with van der Waals surface area (Å²) in [5.74, 6) is 0.553. The maximum absolute atomic E-state index is 12.1. The molecular formula is C16H13ClN4O4S. The first-order chi connectivity index (χ1) is 12.6. The highest BCUT2D eigenvalue weighted by molar-refractivity contribution is 7.98. The minimum atomic E-state index is -0.697. The Balaban J connectivity index is 1.67. The summed E-state index contributed by atoms with van der Waals surface area (Å²) in [4.78, 5) is 24.3. The number of nitrogens with zero attached hydrogens (tertiary/aromatic N) is 4. The number of benzene rings is 1. The van der Waals surface area contributed by atoms with Gasteiger partial charge >= 0.3 is 5.97 Å². The molecule has 10 heteroatoms. The van der Waals surface area contributed by atoms with Crippen molar-refractivity contribution in [2.75, 3.05) is 13.4 Å². The van der Waals surface area contributed by atoms with Crippen LogP contribution in [0.2, 0.25) is 5.02 Å². The molecule has 0 N–H and O–H groups in total. The molecule has 8 nitrogen and oxygen atoms in total. The summed E-state index contributed by atoms with van der Waals surface area (Å²) in [6.07, 6.45) is 3.14. The Labute approximate surface area is 157 Å². The molecule has 3 rings (SSSR count). The van der Waals surface area contributed by atoms with E-state index in [0.29, 0.717) is 11.0 Å². The average Bonchev–Trinajstić information content (AvgIpc) is 3.15. The van der Waals surface area contributed by atoms with Crippen LogP contribution in [0.15, 0.2) is 40.1 Å². The number of halogens is 1. The molecule has 1 aromatic carbocycles. The van der Waals surface area contributed by atoms with Gasteiger partial charge in [-0.2, -0.15) is 4.98 Å². The fourth-order valence-electron chi connectivity index (χ4n) is 1.96. The Morgan fingerprint density at radius 3 is 2.73 bits per heavy atom. The van der Waals surface area contributed by atoms with Gasteiger partial charge in [0.1, 0.15) is 5.75 Å². The lowest BCUT2D eigenvalue weighted by atomic mass is 10.2. The van der Waals surface area contributed by atoms with Crippen LogP contribution < -0.4 is 4.74 Å². The van der Waals surface area contributed by atoms with Crippen LogP contribution in [0, 0.1) is 0 Å². The highest BCUT2D eigenvalue weighted by atomic mass is 35.5. The van der Waals surface area contributed by atoms with Gasteiger partial charge in [0.15, 0.2) is 17.5 Å². The lowest BCUT2D eigenvalue weighted by Gasteiger charge is -2.04. The van der Waals surface area contributed by atoms with Crippen LogP contribution in [0.1, 0.15) is 16.4 Å². The van der Waals surface area contributed by atoms with Crippen LogP contribution in [0.4, 0.5) is 0 Å². The highest BCUT2D eigenvalue weighted by Gasteiger charge is 2.17. The molecule has 0 radical (unpaired) electrons. The van der Waals surface area contributed by atoms with Crippen molar-refractivity contribution in [2.24, 2.45) is 0 Å². The summed E-state index contributed by atoms with van der Waals surface area (Å²) in [5.41, 5.74) is 0.733. The van der Waals surface area contributed by atoms with Crippen molar-refractivity contribution in [1.82, 2.24) is 20.1 Å². The first-order valence-electron chi connectivity index (χ1n) is 7.31. The van der Waals surface area contributed by atoms with Crippen molar-refractivity contribution >= 4 is 29.3 Å². The topological polar surface area (TPSA) is 100 Å². The number of ether oxygens (including phenoxy) is 2. The molecule has 0 bridgehead atoms. The SMILES string of the molecule is COc1ccc(-c2noc(COC(=O)c3nc(SC)ncc3Cl)n2)cc1. The normalized spacial score (nSPS) is 10.6. The second-order valence-electron chi connectivity index (χ2n) is 4.87. The zero-order valence-electron chi connectivity index (χ0n) is 13.8. The first-order valence-corrected chi connectivity index (χ1v) is 8.91. The van der Waals surface area contributed by atoms with E-state index in [0.717, 1.165) is 11.3 Å². The molecule has 0 saturated heterocycles. The van der Waals surface area contributed by atoms with Gasteiger partial charge in [0, 0.05) is 5.56 Å². The minimum absolute atomic E-state index is 0.0130. The van der Waals surface area contributed by atoms with Crippen molar-refractivity contribution < 1.29 is 18.8 Å². The second-order valence-corrected chi connectivity index (χ2v) is 6.05. The van der Waals surface area contributed by atoms with E-state index in [-0.39, 0.29) is 23.2 Å². The van der Waals surface area contributed by atoms with Crippen molar-refractivity contribution in [3.8, 4) is 17.1 Å². The van der Waals surface area contributed by atoms with Gasteiger partial charge < -0.3 is 14.0 Å². The van der Waals surface area contributed by atoms with Gasteiger partial charge in [0.25, 0.3) is 5.89 Å². The Hall–Kier alpha value is -2.65. The molecule has 0 aliphatic carbocycles. The van der Waals surface area contributed by atoms with Crippen LogP contribution in [0.25, 0.3) is 11.4 Å². The largest absolute Gasteiger partial charge is 0.497 e. The van der Waals surface area contributed by atoms with Crippen LogP contribution in [0.5, 0.6) is 5.75 Å². The lowest BCUT2D eigenvalue weighted by molar-refractivity contribution is 0.0422.